The first-order chi connectivity index (χ1) is 9.74. The standard InChI is InChI=1S/C17H27NO3/c1-12(11-19)10-18-16(20)13(2)21-15-8-6-7-14(9-15)17(3,4)5/h6-9,12-13,19H,10-11H2,1-5H3,(H,18,20). The van der Waals surface area contributed by atoms with E-state index in [1.165, 1.54) is 5.56 Å². The van der Waals surface area contributed by atoms with Crippen molar-refractivity contribution in [1.82, 2.24) is 5.32 Å². The van der Waals surface area contributed by atoms with Gasteiger partial charge in [0.2, 0.25) is 0 Å². The van der Waals surface area contributed by atoms with E-state index in [0.29, 0.717) is 12.3 Å². The molecule has 0 aliphatic carbocycles. The number of aliphatic hydroxyl groups is 1. The Hall–Kier alpha value is -1.55. The molecule has 2 unspecified atom stereocenters. The number of hydrogen-bond donors (Lipinski definition) is 2. The van der Waals surface area contributed by atoms with E-state index in [9.17, 15) is 4.79 Å². The van der Waals surface area contributed by atoms with Gasteiger partial charge in [0.05, 0.1) is 0 Å². The Labute approximate surface area is 127 Å². The van der Waals surface area contributed by atoms with Gasteiger partial charge in [-0.05, 0) is 36.0 Å². The minimum Gasteiger partial charge on any atom is -0.481 e. The van der Waals surface area contributed by atoms with Gasteiger partial charge in [0.25, 0.3) is 5.91 Å². The molecule has 2 N–H and O–H groups in total. The molecule has 0 fully saturated rings. The summed E-state index contributed by atoms with van der Waals surface area (Å²) in [6.45, 7) is 10.5. The van der Waals surface area contributed by atoms with Crippen LogP contribution < -0.4 is 10.1 Å². The fourth-order valence-corrected chi connectivity index (χ4v) is 1.78. The highest BCUT2D eigenvalue weighted by molar-refractivity contribution is 5.80. The molecule has 2 atom stereocenters. The minimum absolute atomic E-state index is 0.0431. The van der Waals surface area contributed by atoms with Gasteiger partial charge in [0.15, 0.2) is 6.10 Å². The van der Waals surface area contributed by atoms with Gasteiger partial charge in [-0.25, -0.2) is 0 Å². The highest BCUT2D eigenvalue weighted by Crippen LogP contribution is 2.26. The van der Waals surface area contributed by atoms with Crippen LogP contribution in [0.1, 0.15) is 40.2 Å². The second-order valence-corrected chi connectivity index (χ2v) is 6.57. The predicted molar refractivity (Wildman–Crippen MR) is 84.5 cm³/mol. The van der Waals surface area contributed by atoms with Gasteiger partial charge in [0, 0.05) is 13.2 Å². The van der Waals surface area contributed by atoms with Gasteiger partial charge in [-0.3, -0.25) is 4.79 Å². The monoisotopic (exact) mass is 293 g/mol. The van der Waals surface area contributed by atoms with Crippen LogP contribution in [-0.4, -0.2) is 30.3 Å². The average molecular weight is 293 g/mol. The van der Waals surface area contributed by atoms with Crippen molar-refractivity contribution < 1.29 is 14.6 Å². The number of nitrogens with one attached hydrogen (secondary N) is 1. The lowest BCUT2D eigenvalue weighted by atomic mass is 9.87. The topological polar surface area (TPSA) is 58.6 Å². The van der Waals surface area contributed by atoms with E-state index < -0.39 is 6.10 Å². The van der Waals surface area contributed by atoms with Crippen molar-refractivity contribution in [2.75, 3.05) is 13.2 Å². The number of carbonyl (C=O) groups is 1. The van der Waals surface area contributed by atoms with Crippen molar-refractivity contribution in [3.8, 4) is 5.75 Å². The van der Waals surface area contributed by atoms with E-state index in [1.54, 1.807) is 6.92 Å². The summed E-state index contributed by atoms with van der Waals surface area (Å²) in [6.07, 6.45) is -0.564. The third-order valence-corrected chi connectivity index (χ3v) is 3.32. The van der Waals surface area contributed by atoms with Gasteiger partial charge in [-0.2, -0.15) is 0 Å². The quantitative estimate of drug-likeness (QED) is 0.847. The molecule has 0 aliphatic rings. The summed E-state index contributed by atoms with van der Waals surface area (Å²) in [5.74, 6) is 0.571. The average Bonchev–Trinajstić information content (AvgIpc) is 2.43. The second kappa shape index (κ2) is 7.46. The van der Waals surface area contributed by atoms with Crippen molar-refractivity contribution in [1.29, 1.82) is 0 Å². The molecule has 0 radical (unpaired) electrons. The lowest BCUT2D eigenvalue weighted by Crippen LogP contribution is -2.39. The molecule has 1 rings (SSSR count). The summed E-state index contributed by atoms with van der Waals surface area (Å²) in [5, 5.41) is 11.7. The molecule has 0 aromatic heterocycles. The summed E-state index contributed by atoms with van der Waals surface area (Å²) >= 11 is 0. The number of hydrogen-bond acceptors (Lipinski definition) is 3. The predicted octanol–water partition coefficient (Wildman–Crippen LogP) is 2.50. The molecular formula is C17H27NO3. The van der Waals surface area contributed by atoms with Gasteiger partial charge in [0.1, 0.15) is 5.75 Å². The molecular weight excluding hydrogens is 266 g/mol. The van der Waals surface area contributed by atoms with Gasteiger partial charge in [-0.15, -0.1) is 0 Å². The van der Waals surface area contributed by atoms with Crippen LogP contribution in [0.5, 0.6) is 5.75 Å². The summed E-state index contributed by atoms with van der Waals surface area (Å²) in [4.78, 5) is 11.9. The number of rotatable bonds is 6. The van der Waals surface area contributed by atoms with E-state index >= 15 is 0 Å². The molecule has 1 amide bonds. The third-order valence-electron chi connectivity index (χ3n) is 3.32. The van der Waals surface area contributed by atoms with E-state index in [-0.39, 0.29) is 23.8 Å². The van der Waals surface area contributed by atoms with E-state index in [0.717, 1.165) is 0 Å². The van der Waals surface area contributed by atoms with Crippen LogP contribution in [0.4, 0.5) is 0 Å². The Morgan fingerprint density at radius 1 is 1.33 bits per heavy atom. The maximum atomic E-state index is 11.9. The number of benzene rings is 1. The number of ether oxygens (including phenoxy) is 1. The molecule has 0 bridgehead atoms. The van der Waals surface area contributed by atoms with Crippen molar-refractivity contribution in [2.45, 2.75) is 46.1 Å². The molecule has 118 valence electrons. The van der Waals surface area contributed by atoms with Crippen LogP contribution in [0.2, 0.25) is 0 Å². The smallest absolute Gasteiger partial charge is 0.260 e. The summed E-state index contributed by atoms with van der Waals surface area (Å²) < 4.78 is 5.70. The number of carbonyl (C=O) groups excluding carboxylic acids is 1. The molecule has 1 aromatic rings. The lowest BCUT2D eigenvalue weighted by Gasteiger charge is -2.21. The maximum absolute atomic E-state index is 11.9. The highest BCUT2D eigenvalue weighted by Gasteiger charge is 2.17. The molecule has 21 heavy (non-hydrogen) atoms. The Bertz CT molecular complexity index is 465. The molecule has 0 saturated heterocycles. The lowest BCUT2D eigenvalue weighted by molar-refractivity contribution is -0.127. The summed E-state index contributed by atoms with van der Waals surface area (Å²) in [7, 11) is 0. The third kappa shape index (κ3) is 5.76. The van der Waals surface area contributed by atoms with Gasteiger partial charge >= 0.3 is 0 Å². The molecule has 0 heterocycles. The molecule has 0 spiro atoms. The first kappa shape index (κ1) is 17.5. The van der Waals surface area contributed by atoms with Crippen molar-refractivity contribution in [3.05, 3.63) is 29.8 Å². The fraction of sp³-hybridized carbons (Fsp3) is 0.588. The van der Waals surface area contributed by atoms with Crippen LogP contribution in [0, 0.1) is 5.92 Å². The molecule has 4 heteroatoms. The van der Waals surface area contributed by atoms with Crippen LogP contribution >= 0.6 is 0 Å². The molecule has 1 aromatic carbocycles. The zero-order valence-electron chi connectivity index (χ0n) is 13.6. The van der Waals surface area contributed by atoms with Crippen LogP contribution in [0.15, 0.2) is 24.3 Å². The summed E-state index contributed by atoms with van der Waals surface area (Å²) in [5.41, 5.74) is 1.21. The van der Waals surface area contributed by atoms with E-state index in [1.807, 2.05) is 25.1 Å². The van der Waals surface area contributed by atoms with Crippen molar-refractivity contribution in [2.24, 2.45) is 5.92 Å². The van der Waals surface area contributed by atoms with E-state index in [4.69, 9.17) is 9.84 Å². The van der Waals surface area contributed by atoms with Gasteiger partial charge in [-0.1, -0.05) is 39.8 Å². The van der Waals surface area contributed by atoms with Crippen molar-refractivity contribution in [3.63, 3.8) is 0 Å². The number of amides is 1. The Morgan fingerprint density at radius 2 is 2.00 bits per heavy atom. The largest absolute Gasteiger partial charge is 0.481 e. The van der Waals surface area contributed by atoms with Gasteiger partial charge < -0.3 is 15.2 Å². The normalized spacial score (nSPS) is 14.4. The minimum atomic E-state index is -0.564. The van der Waals surface area contributed by atoms with E-state index in [2.05, 4.69) is 32.2 Å². The van der Waals surface area contributed by atoms with Crippen molar-refractivity contribution >= 4 is 5.91 Å². The van der Waals surface area contributed by atoms with Crippen LogP contribution in [0.3, 0.4) is 0 Å². The highest BCUT2D eigenvalue weighted by atomic mass is 16.5. The first-order valence-corrected chi connectivity index (χ1v) is 7.39. The first-order valence-electron chi connectivity index (χ1n) is 7.39. The molecule has 4 nitrogen and oxygen atoms in total. The molecule has 0 saturated carbocycles. The summed E-state index contributed by atoms with van der Waals surface area (Å²) in [6, 6.07) is 7.82. The zero-order chi connectivity index (χ0) is 16.0. The van der Waals surface area contributed by atoms with Crippen LogP contribution in [0.25, 0.3) is 0 Å². The maximum Gasteiger partial charge on any atom is 0.260 e. The molecule has 0 aliphatic heterocycles. The Morgan fingerprint density at radius 3 is 2.57 bits per heavy atom. The SMILES string of the molecule is CC(CO)CNC(=O)C(C)Oc1cccc(C(C)(C)C)c1. The number of aliphatic hydroxyl groups excluding tert-OH is 1. The fourth-order valence-electron chi connectivity index (χ4n) is 1.78. The second-order valence-electron chi connectivity index (χ2n) is 6.57. The Balaban J connectivity index is 2.62. The Kier molecular flexibility index (Phi) is 6.21. The zero-order valence-corrected chi connectivity index (χ0v) is 13.6. The van der Waals surface area contributed by atoms with Crippen LogP contribution in [-0.2, 0) is 10.2 Å².